The molecule has 2 N–H and O–H groups in total. The zero-order valence-electron chi connectivity index (χ0n) is 17.5. The Morgan fingerprint density at radius 1 is 1.22 bits per heavy atom. The molecule has 3 aromatic rings. The minimum atomic E-state index is -0.321. The lowest BCUT2D eigenvalue weighted by atomic mass is 10.1. The molecule has 0 radical (unpaired) electrons. The van der Waals surface area contributed by atoms with Crippen molar-refractivity contribution in [3.05, 3.63) is 42.9 Å². The molecule has 2 saturated heterocycles. The van der Waals surface area contributed by atoms with E-state index in [0.717, 1.165) is 56.5 Å². The molecule has 0 saturated carbocycles. The van der Waals surface area contributed by atoms with Crippen molar-refractivity contribution in [2.24, 2.45) is 0 Å². The third kappa shape index (κ3) is 3.87. The number of fused-ring (bicyclic) bond motifs is 3. The van der Waals surface area contributed by atoms with Gasteiger partial charge < -0.3 is 19.9 Å². The molecule has 2 amide bonds. The highest BCUT2D eigenvalue weighted by Gasteiger charge is 2.23. The van der Waals surface area contributed by atoms with Crippen LogP contribution in [0.5, 0.6) is 0 Å². The average molecular weight is 473 g/mol. The summed E-state index contributed by atoms with van der Waals surface area (Å²) in [5, 5.41) is 3.31. The highest BCUT2D eigenvalue weighted by atomic mass is 32.1. The lowest BCUT2D eigenvalue weighted by molar-refractivity contribution is 0.0724. The summed E-state index contributed by atoms with van der Waals surface area (Å²) in [5.41, 5.74) is 1.08. The number of thiazole rings is 1. The van der Waals surface area contributed by atoms with Crippen LogP contribution < -0.4 is 10.9 Å². The number of likely N-dealkylation sites (tertiary alicyclic amines) is 1. The van der Waals surface area contributed by atoms with Crippen molar-refractivity contribution in [3.63, 3.8) is 0 Å². The Labute approximate surface area is 193 Å². The lowest BCUT2D eigenvalue weighted by Crippen LogP contribution is -2.35. The molecular formula is C22H24N4O4S2. The highest BCUT2D eigenvalue weighted by Crippen LogP contribution is 2.24. The minimum Gasteiger partial charge on any atom is -0.376 e. The molecule has 0 aliphatic carbocycles. The van der Waals surface area contributed by atoms with Gasteiger partial charge in [-0.05, 0) is 62.5 Å². The van der Waals surface area contributed by atoms with Gasteiger partial charge >= 0.3 is 0 Å². The van der Waals surface area contributed by atoms with Gasteiger partial charge in [0.25, 0.3) is 17.4 Å². The second-order valence-electron chi connectivity index (χ2n) is 8.27. The molecule has 0 unspecified atom stereocenters. The van der Waals surface area contributed by atoms with Gasteiger partial charge in [-0.1, -0.05) is 11.3 Å². The normalized spacial score (nSPS) is 19.0. The number of rotatable bonds is 4. The number of nitrogens with one attached hydrogen (secondary N) is 2. The quantitative estimate of drug-likeness (QED) is 0.569. The van der Waals surface area contributed by atoms with Crippen molar-refractivity contribution in [2.75, 3.05) is 26.2 Å². The van der Waals surface area contributed by atoms with E-state index in [-0.39, 0.29) is 23.5 Å². The molecule has 2 aliphatic heterocycles. The fourth-order valence-electron chi connectivity index (χ4n) is 4.45. The zero-order chi connectivity index (χ0) is 22.2. The number of hydrogen-bond acceptors (Lipinski definition) is 6. The summed E-state index contributed by atoms with van der Waals surface area (Å²) in [6, 6.07) is 5.05. The van der Waals surface area contributed by atoms with Gasteiger partial charge in [0.05, 0.1) is 17.0 Å². The van der Waals surface area contributed by atoms with Crippen molar-refractivity contribution >= 4 is 51.9 Å². The van der Waals surface area contributed by atoms with Gasteiger partial charge in [-0.3, -0.25) is 18.8 Å². The van der Waals surface area contributed by atoms with Gasteiger partial charge in [0.2, 0.25) is 0 Å². The number of nitrogens with zero attached hydrogens (tertiary/aromatic N) is 2. The summed E-state index contributed by atoms with van der Waals surface area (Å²) in [6.07, 6.45) is 5.07. The summed E-state index contributed by atoms with van der Waals surface area (Å²) in [6.45, 7) is 2.62. The van der Waals surface area contributed by atoms with Crippen LogP contribution in [-0.2, 0) is 4.74 Å². The van der Waals surface area contributed by atoms with Crippen LogP contribution in [0, 0.1) is 3.95 Å². The summed E-state index contributed by atoms with van der Waals surface area (Å²) < 4.78 is 7.68. The van der Waals surface area contributed by atoms with E-state index in [1.54, 1.807) is 22.6 Å². The smallest absolute Gasteiger partial charge is 0.265 e. The number of ether oxygens (including phenoxy) is 1. The first kappa shape index (κ1) is 21.3. The third-order valence-corrected chi connectivity index (χ3v) is 7.51. The van der Waals surface area contributed by atoms with Crippen molar-refractivity contribution in [1.82, 2.24) is 19.6 Å². The average Bonchev–Trinajstić information content (AvgIpc) is 3.45. The van der Waals surface area contributed by atoms with Gasteiger partial charge in [0.15, 0.2) is 3.95 Å². The molecule has 1 aromatic carbocycles. The number of carbonyl (C=O) groups is 2. The Balaban J connectivity index is 1.54. The Morgan fingerprint density at radius 3 is 2.78 bits per heavy atom. The second-order valence-corrected chi connectivity index (χ2v) is 9.91. The second kappa shape index (κ2) is 8.76. The summed E-state index contributed by atoms with van der Waals surface area (Å²) in [4.78, 5) is 43.7. The molecule has 2 aromatic heterocycles. The first-order chi connectivity index (χ1) is 15.5. The fraction of sp³-hybridized carbons (Fsp3) is 0.455. The van der Waals surface area contributed by atoms with Crippen molar-refractivity contribution < 1.29 is 14.3 Å². The Bertz CT molecular complexity index is 1310. The van der Waals surface area contributed by atoms with Crippen molar-refractivity contribution in [2.45, 2.75) is 38.2 Å². The van der Waals surface area contributed by atoms with Gasteiger partial charge in [-0.25, -0.2) is 0 Å². The molecular weight excluding hydrogens is 448 g/mol. The predicted molar refractivity (Wildman–Crippen MR) is 125 cm³/mol. The van der Waals surface area contributed by atoms with Crippen molar-refractivity contribution in [3.8, 4) is 0 Å². The van der Waals surface area contributed by atoms with Crippen LogP contribution in [0.3, 0.4) is 0 Å². The Kier molecular flexibility index (Phi) is 5.83. The molecule has 8 nitrogen and oxygen atoms in total. The number of aromatic amines is 1. The van der Waals surface area contributed by atoms with Gasteiger partial charge in [-0.15, -0.1) is 0 Å². The van der Waals surface area contributed by atoms with Gasteiger partial charge in [-0.2, -0.15) is 0 Å². The molecule has 2 aliphatic rings. The molecule has 168 valence electrons. The maximum Gasteiger partial charge on any atom is 0.265 e. The predicted octanol–water partition coefficient (Wildman–Crippen LogP) is 3.11. The third-order valence-electron chi connectivity index (χ3n) is 6.14. The first-order valence-electron chi connectivity index (χ1n) is 10.9. The van der Waals surface area contributed by atoms with E-state index in [1.165, 1.54) is 0 Å². The Morgan fingerprint density at radius 2 is 2.03 bits per heavy atom. The largest absolute Gasteiger partial charge is 0.376 e. The molecule has 2 fully saturated rings. The number of hydrogen-bond donors (Lipinski definition) is 2. The summed E-state index contributed by atoms with van der Waals surface area (Å²) in [7, 11) is 0. The van der Waals surface area contributed by atoms with Crippen LogP contribution in [0.15, 0.2) is 23.0 Å². The lowest BCUT2D eigenvalue weighted by Gasteiger charge is -2.26. The topological polar surface area (TPSA) is 95.9 Å². The first-order valence-corrected chi connectivity index (χ1v) is 12.2. The minimum absolute atomic E-state index is 0.0176. The van der Waals surface area contributed by atoms with Crippen LogP contribution in [0.2, 0.25) is 0 Å². The maximum atomic E-state index is 13.0. The van der Waals surface area contributed by atoms with E-state index in [0.29, 0.717) is 44.1 Å². The van der Waals surface area contributed by atoms with E-state index in [2.05, 4.69) is 10.3 Å². The van der Waals surface area contributed by atoms with E-state index in [4.69, 9.17) is 17.0 Å². The highest BCUT2D eigenvalue weighted by molar-refractivity contribution is 7.73. The van der Waals surface area contributed by atoms with Crippen LogP contribution in [-0.4, -0.2) is 58.4 Å². The molecule has 0 bridgehead atoms. The van der Waals surface area contributed by atoms with Gasteiger partial charge in [0, 0.05) is 31.8 Å². The van der Waals surface area contributed by atoms with Crippen LogP contribution in [0.1, 0.15) is 52.1 Å². The Hall–Kier alpha value is -2.56. The number of carbonyl (C=O) groups excluding carboxylic acids is 2. The van der Waals surface area contributed by atoms with Crippen LogP contribution in [0.4, 0.5) is 0 Å². The monoisotopic (exact) mass is 472 g/mol. The summed E-state index contributed by atoms with van der Waals surface area (Å²) in [5.74, 6) is -0.342. The van der Waals surface area contributed by atoms with Crippen molar-refractivity contribution in [1.29, 1.82) is 0 Å². The molecule has 32 heavy (non-hydrogen) atoms. The number of piperidine rings is 1. The molecule has 5 rings (SSSR count). The van der Waals surface area contributed by atoms with Gasteiger partial charge in [0.1, 0.15) is 10.5 Å². The molecule has 1 atom stereocenters. The fourth-order valence-corrected chi connectivity index (χ4v) is 5.75. The van der Waals surface area contributed by atoms with E-state index < -0.39 is 0 Å². The SMILES string of the molecule is O=C(NC[C@@H]1CCCO1)c1sc(=S)n2c1[nH]c(=O)c1ccc(C(=O)N3CCCCC3)cc12. The molecule has 0 spiro atoms. The van der Waals surface area contributed by atoms with E-state index in [1.807, 2.05) is 4.90 Å². The zero-order valence-corrected chi connectivity index (χ0v) is 19.2. The molecule has 4 heterocycles. The summed E-state index contributed by atoms with van der Waals surface area (Å²) >= 11 is 6.69. The maximum absolute atomic E-state index is 13.0. The number of benzene rings is 1. The van der Waals surface area contributed by atoms with E-state index in [9.17, 15) is 14.4 Å². The van der Waals surface area contributed by atoms with E-state index >= 15 is 0 Å². The number of H-pyrrole nitrogens is 1. The number of aromatic nitrogens is 2. The molecule has 10 heteroatoms. The van der Waals surface area contributed by atoms with Crippen LogP contribution >= 0.6 is 23.6 Å². The van der Waals surface area contributed by atoms with Crippen LogP contribution in [0.25, 0.3) is 16.6 Å². The standard InChI is InChI=1S/C22H24N4O4S2/c27-19-15-7-6-13(21(29)25-8-2-1-3-9-25)11-16(15)26-18(24-19)17(32-22(26)31)20(28)23-12-14-5-4-10-30-14/h6-7,11,14H,1-5,8-10,12H2,(H,23,28)(H,24,27)/t14-/m0/s1. The number of amides is 2.